The fourth-order valence-corrected chi connectivity index (χ4v) is 9.13. The predicted molar refractivity (Wildman–Crippen MR) is 68.7 cm³/mol. The first kappa shape index (κ1) is 10.4. The Balaban J connectivity index is 1.57. The Morgan fingerprint density at radius 2 is 1.94 bits per heavy atom. The fourth-order valence-electron chi connectivity index (χ4n) is 5.97. The van der Waals surface area contributed by atoms with E-state index in [1.165, 1.54) is 0 Å². The van der Waals surface area contributed by atoms with Crippen molar-refractivity contribution in [3.05, 3.63) is 0 Å². The second kappa shape index (κ2) is 2.91. The Morgan fingerprint density at radius 3 is 2.50 bits per heavy atom. The van der Waals surface area contributed by atoms with Crippen molar-refractivity contribution in [2.75, 3.05) is 0 Å². The molecule has 1 aliphatic heterocycles. The Hall–Kier alpha value is 0.519. The molecule has 4 saturated carbocycles. The van der Waals surface area contributed by atoms with E-state index in [-0.39, 0.29) is 0 Å². The van der Waals surface area contributed by atoms with Gasteiger partial charge in [0, 0.05) is 0 Å². The molecule has 2 bridgehead atoms. The fraction of sp³-hybridized carbons (Fsp3) is 1.00. The van der Waals surface area contributed by atoms with E-state index in [2.05, 4.69) is 13.8 Å². The van der Waals surface area contributed by atoms with Crippen LogP contribution in [0.1, 0.15) is 52.4 Å². The molecule has 1 heterocycles. The molecular weight excluding hydrogens is 259 g/mol. The van der Waals surface area contributed by atoms with Gasteiger partial charge in [0.2, 0.25) is 0 Å². The van der Waals surface area contributed by atoms with Crippen LogP contribution in [0.2, 0.25) is 10.6 Å². The number of rotatable bonds is 0. The monoisotopic (exact) mass is 284 g/mol. The van der Waals surface area contributed by atoms with Crippen LogP contribution in [0.5, 0.6) is 0 Å². The van der Waals surface area contributed by atoms with Gasteiger partial charge >= 0.3 is 106 Å². The summed E-state index contributed by atoms with van der Waals surface area (Å²) in [6.45, 7) is 5.13. The summed E-state index contributed by atoms with van der Waals surface area (Å²) in [5.74, 6) is 2.20. The van der Waals surface area contributed by atoms with E-state index in [0.29, 0.717) is 5.41 Å². The molecule has 0 aromatic heterocycles. The van der Waals surface area contributed by atoms with Crippen LogP contribution in [0.4, 0.5) is 0 Å². The standard InChI is InChI=1S/C15H24Se/c1-13(2)11-3-4-15(12(13)7-11)8-14(9-15)5-6-16-10-14/h11-12H,3-10H2,1-2H3. The van der Waals surface area contributed by atoms with Gasteiger partial charge in [-0.25, -0.2) is 0 Å². The summed E-state index contributed by atoms with van der Waals surface area (Å²) in [5.41, 5.74) is 2.45. The molecular formula is C15H24Se. The molecule has 0 nitrogen and oxygen atoms in total. The van der Waals surface area contributed by atoms with Gasteiger partial charge in [-0.2, -0.15) is 0 Å². The van der Waals surface area contributed by atoms with E-state index in [1.807, 2.05) is 0 Å². The van der Waals surface area contributed by atoms with Crippen molar-refractivity contribution in [1.82, 2.24) is 0 Å². The third-order valence-electron chi connectivity index (χ3n) is 6.84. The van der Waals surface area contributed by atoms with Gasteiger partial charge in [0.25, 0.3) is 0 Å². The van der Waals surface area contributed by atoms with E-state index in [9.17, 15) is 0 Å². The molecule has 2 atom stereocenters. The SMILES string of the molecule is CC1(C)C2CCC3(CC4(CC[Se]C4)C3)C1C2. The molecule has 16 heavy (non-hydrogen) atoms. The average molecular weight is 283 g/mol. The molecule has 90 valence electrons. The van der Waals surface area contributed by atoms with Gasteiger partial charge < -0.3 is 0 Å². The summed E-state index contributed by atoms with van der Waals surface area (Å²) in [6.07, 6.45) is 9.63. The Labute approximate surface area is 106 Å². The molecule has 1 heteroatoms. The molecule has 2 spiro atoms. The first-order valence-electron chi connectivity index (χ1n) is 7.14. The summed E-state index contributed by atoms with van der Waals surface area (Å²) in [5, 5.41) is 3.23. The minimum absolute atomic E-state index is 0.712. The van der Waals surface area contributed by atoms with Gasteiger partial charge in [-0.1, -0.05) is 0 Å². The van der Waals surface area contributed by atoms with Crippen LogP contribution < -0.4 is 0 Å². The van der Waals surface area contributed by atoms with Crippen molar-refractivity contribution in [2.24, 2.45) is 28.1 Å². The summed E-state index contributed by atoms with van der Waals surface area (Å²) in [6, 6.07) is 0. The van der Waals surface area contributed by atoms with Gasteiger partial charge in [-0.3, -0.25) is 0 Å². The van der Waals surface area contributed by atoms with Crippen LogP contribution in [0, 0.1) is 28.1 Å². The van der Waals surface area contributed by atoms with Gasteiger partial charge in [0.15, 0.2) is 0 Å². The van der Waals surface area contributed by atoms with Crippen molar-refractivity contribution in [1.29, 1.82) is 0 Å². The van der Waals surface area contributed by atoms with Gasteiger partial charge in [0.1, 0.15) is 0 Å². The predicted octanol–water partition coefficient (Wildman–Crippen LogP) is 4.15. The van der Waals surface area contributed by atoms with E-state index in [4.69, 9.17) is 0 Å². The molecule has 5 fully saturated rings. The van der Waals surface area contributed by atoms with Crippen LogP contribution in [0.25, 0.3) is 0 Å². The van der Waals surface area contributed by atoms with Crippen molar-refractivity contribution < 1.29 is 0 Å². The third-order valence-corrected chi connectivity index (χ3v) is 9.59. The summed E-state index contributed by atoms with van der Waals surface area (Å²) >= 11 is 1.02. The number of hydrogen-bond acceptors (Lipinski definition) is 0. The van der Waals surface area contributed by atoms with E-state index in [1.54, 1.807) is 49.2 Å². The molecule has 5 aliphatic rings. The molecule has 0 radical (unpaired) electrons. The summed E-state index contributed by atoms with van der Waals surface area (Å²) in [4.78, 5) is 0. The Kier molecular flexibility index (Phi) is 1.90. The first-order chi connectivity index (χ1) is 7.57. The van der Waals surface area contributed by atoms with Crippen LogP contribution in [-0.4, -0.2) is 15.0 Å². The van der Waals surface area contributed by atoms with Crippen LogP contribution >= 0.6 is 0 Å². The second-order valence-corrected chi connectivity index (χ2v) is 10.2. The molecule has 5 rings (SSSR count). The molecule has 4 aliphatic carbocycles. The maximum absolute atomic E-state index is 2.57. The summed E-state index contributed by atoms with van der Waals surface area (Å²) < 4.78 is 0. The number of hydrogen-bond donors (Lipinski definition) is 0. The molecule has 1 saturated heterocycles. The Bertz CT molecular complexity index is 314. The van der Waals surface area contributed by atoms with E-state index >= 15 is 0 Å². The van der Waals surface area contributed by atoms with Crippen LogP contribution in [-0.2, 0) is 0 Å². The zero-order valence-electron chi connectivity index (χ0n) is 10.7. The molecule has 0 amide bonds. The van der Waals surface area contributed by atoms with Gasteiger partial charge in [-0.05, 0) is 0 Å². The van der Waals surface area contributed by atoms with Crippen molar-refractivity contribution in [3.8, 4) is 0 Å². The normalized spacial score (nSPS) is 51.4. The molecule has 0 aromatic rings. The first-order valence-corrected chi connectivity index (χ1v) is 9.57. The van der Waals surface area contributed by atoms with E-state index < -0.39 is 0 Å². The van der Waals surface area contributed by atoms with Gasteiger partial charge in [-0.15, -0.1) is 0 Å². The minimum atomic E-state index is 0.712. The second-order valence-electron chi connectivity index (χ2n) is 7.86. The third kappa shape index (κ3) is 1.08. The zero-order valence-corrected chi connectivity index (χ0v) is 12.4. The quantitative estimate of drug-likeness (QED) is 0.586. The van der Waals surface area contributed by atoms with Crippen molar-refractivity contribution in [2.45, 2.75) is 63.0 Å². The van der Waals surface area contributed by atoms with Crippen LogP contribution in [0.3, 0.4) is 0 Å². The molecule has 0 N–H and O–H groups in total. The Morgan fingerprint density at radius 1 is 1.12 bits per heavy atom. The zero-order chi connectivity index (χ0) is 11.0. The van der Waals surface area contributed by atoms with Crippen molar-refractivity contribution >= 4 is 15.0 Å². The van der Waals surface area contributed by atoms with E-state index in [0.717, 1.165) is 37.6 Å². The number of fused-ring (bicyclic) bond motifs is 1. The van der Waals surface area contributed by atoms with Gasteiger partial charge in [0.05, 0.1) is 0 Å². The summed E-state index contributed by atoms with van der Waals surface area (Å²) in [7, 11) is 0. The van der Waals surface area contributed by atoms with Crippen molar-refractivity contribution in [3.63, 3.8) is 0 Å². The average Bonchev–Trinajstić information content (AvgIpc) is 2.65. The van der Waals surface area contributed by atoms with Crippen LogP contribution in [0.15, 0.2) is 0 Å². The molecule has 2 unspecified atom stereocenters. The maximum atomic E-state index is 2.57. The topological polar surface area (TPSA) is 0 Å². The molecule has 0 aromatic carbocycles.